The predicted octanol–water partition coefficient (Wildman–Crippen LogP) is 3.89. The van der Waals surface area contributed by atoms with Gasteiger partial charge in [0.25, 0.3) is 0 Å². The van der Waals surface area contributed by atoms with Crippen molar-refractivity contribution in [3.8, 4) is 11.4 Å². The molecule has 0 spiro atoms. The van der Waals surface area contributed by atoms with E-state index in [0.29, 0.717) is 19.8 Å². The number of anilines is 1. The molecule has 29 heavy (non-hydrogen) atoms. The van der Waals surface area contributed by atoms with Crippen LogP contribution in [0.15, 0.2) is 53.7 Å². The van der Waals surface area contributed by atoms with Gasteiger partial charge >= 0.3 is 0 Å². The van der Waals surface area contributed by atoms with Gasteiger partial charge in [0, 0.05) is 18.8 Å². The molecule has 0 atom stereocenters. The molecule has 0 radical (unpaired) electrons. The van der Waals surface area contributed by atoms with Crippen molar-refractivity contribution in [2.75, 3.05) is 43.6 Å². The fraction of sp³-hybridized carbons (Fsp3) is 0.364. The van der Waals surface area contributed by atoms with Crippen LogP contribution in [0.25, 0.3) is 5.69 Å². The van der Waals surface area contributed by atoms with Gasteiger partial charge in [-0.1, -0.05) is 41.6 Å². The fourth-order valence-electron chi connectivity index (χ4n) is 3.24. The topological polar surface area (TPSA) is 52.4 Å². The third-order valence-electron chi connectivity index (χ3n) is 4.78. The van der Waals surface area contributed by atoms with Crippen LogP contribution in [0, 0.1) is 13.8 Å². The molecule has 4 rings (SSSR count). The second-order valence-corrected chi connectivity index (χ2v) is 8.13. The highest BCUT2D eigenvalue weighted by atomic mass is 32.2. The average Bonchev–Trinajstić information content (AvgIpc) is 3.16. The molecule has 1 saturated heterocycles. The first kappa shape index (κ1) is 19.8. The van der Waals surface area contributed by atoms with Gasteiger partial charge in [-0.3, -0.25) is 4.57 Å². The SMILES string of the molecule is Cc1ccc(-n2c(SCCOc3cccc(C)c3)nnc2N2CCOCC2)cc1. The number of ether oxygens (including phenoxy) is 2. The summed E-state index contributed by atoms with van der Waals surface area (Å²) in [5, 5.41) is 9.87. The summed E-state index contributed by atoms with van der Waals surface area (Å²) >= 11 is 1.66. The number of morpholine rings is 1. The minimum atomic E-state index is 0.613. The lowest BCUT2D eigenvalue weighted by Crippen LogP contribution is -2.37. The van der Waals surface area contributed by atoms with E-state index >= 15 is 0 Å². The summed E-state index contributed by atoms with van der Waals surface area (Å²) in [4.78, 5) is 2.24. The first-order chi connectivity index (χ1) is 14.2. The molecule has 2 heterocycles. The number of hydrogen-bond acceptors (Lipinski definition) is 6. The van der Waals surface area contributed by atoms with Crippen molar-refractivity contribution in [2.45, 2.75) is 19.0 Å². The Morgan fingerprint density at radius 1 is 1.00 bits per heavy atom. The van der Waals surface area contributed by atoms with E-state index in [1.165, 1.54) is 11.1 Å². The summed E-state index contributed by atoms with van der Waals surface area (Å²) in [5.41, 5.74) is 3.50. The van der Waals surface area contributed by atoms with E-state index in [4.69, 9.17) is 9.47 Å². The Labute approximate surface area is 175 Å². The van der Waals surface area contributed by atoms with Crippen LogP contribution < -0.4 is 9.64 Å². The lowest BCUT2D eigenvalue weighted by molar-refractivity contribution is 0.122. The van der Waals surface area contributed by atoms with Gasteiger partial charge in [0.05, 0.1) is 25.5 Å². The van der Waals surface area contributed by atoms with Crippen LogP contribution in [0.5, 0.6) is 5.75 Å². The first-order valence-corrected chi connectivity index (χ1v) is 10.9. The van der Waals surface area contributed by atoms with E-state index in [9.17, 15) is 0 Å². The molecule has 1 aromatic heterocycles. The summed E-state index contributed by atoms with van der Waals surface area (Å²) in [6.45, 7) is 7.86. The second-order valence-electron chi connectivity index (χ2n) is 7.07. The van der Waals surface area contributed by atoms with Gasteiger partial charge < -0.3 is 14.4 Å². The maximum atomic E-state index is 5.89. The van der Waals surface area contributed by atoms with Crippen LogP contribution in [0.3, 0.4) is 0 Å². The van der Waals surface area contributed by atoms with Crippen LogP contribution in [0.1, 0.15) is 11.1 Å². The van der Waals surface area contributed by atoms with Crippen molar-refractivity contribution in [1.82, 2.24) is 14.8 Å². The van der Waals surface area contributed by atoms with Crippen molar-refractivity contribution < 1.29 is 9.47 Å². The van der Waals surface area contributed by atoms with Crippen molar-refractivity contribution in [3.05, 3.63) is 59.7 Å². The zero-order valence-corrected chi connectivity index (χ0v) is 17.7. The Kier molecular flexibility index (Phi) is 6.36. The maximum absolute atomic E-state index is 5.89. The number of benzene rings is 2. The molecule has 2 aromatic carbocycles. The molecule has 0 amide bonds. The Morgan fingerprint density at radius 3 is 2.55 bits per heavy atom. The maximum Gasteiger partial charge on any atom is 0.232 e. The largest absolute Gasteiger partial charge is 0.493 e. The third-order valence-corrected chi connectivity index (χ3v) is 5.67. The van der Waals surface area contributed by atoms with Crippen LogP contribution >= 0.6 is 11.8 Å². The van der Waals surface area contributed by atoms with Gasteiger partial charge in [0.15, 0.2) is 5.16 Å². The van der Waals surface area contributed by atoms with E-state index in [2.05, 4.69) is 69.9 Å². The van der Waals surface area contributed by atoms with Gasteiger partial charge in [-0.05, 0) is 43.7 Å². The highest BCUT2D eigenvalue weighted by Crippen LogP contribution is 2.27. The monoisotopic (exact) mass is 410 g/mol. The number of aromatic nitrogens is 3. The normalized spacial score (nSPS) is 14.2. The van der Waals surface area contributed by atoms with Crippen LogP contribution in [-0.2, 0) is 4.74 Å². The van der Waals surface area contributed by atoms with Gasteiger partial charge in [-0.2, -0.15) is 0 Å². The number of hydrogen-bond donors (Lipinski definition) is 0. The van der Waals surface area contributed by atoms with Crippen LogP contribution in [0.2, 0.25) is 0 Å². The third kappa shape index (κ3) is 4.92. The van der Waals surface area contributed by atoms with E-state index in [0.717, 1.165) is 41.4 Å². The van der Waals surface area contributed by atoms with Crippen molar-refractivity contribution >= 4 is 17.7 Å². The van der Waals surface area contributed by atoms with Gasteiger partial charge in [0.2, 0.25) is 5.95 Å². The molecular formula is C22H26N4O2S. The minimum Gasteiger partial charge on any atom is -0.493 e. The molecular weight excluding hydrogens is 384 g/mol. The first-order valence-electron chi connectivity index (χ1n) is 9.88. The van der Waals surface area contributed by atoms with Crippen molar-refractivity contribution in [3.63, 3.8) is 0 Å². The quantitative estimate of drug-likeness (QED) is 0.435. The average molecular weight is 411 g/mol. The second kappa shape index (κ2) is 9.33. The molecule has 1 aliphatic heterocycles. The molecule has 1 fully saturated rings. The highest BCUT2D eigenvalue weighted by Gasteiger charge is 2.21. The smallest absolute Gasteiger partial charge is 0.232 e. The number of rotatable bonds is 7. The highest BCUT2D eigenvalue weighted by molar-refractivity contribution is 7.99. The van der Waals surface area contributed by atoms with E-state index in [1.807, 2.05) is 12.1 Å². The van der Waals surface area contributed by atoms with E-state index < -0.39 is 0 Å². The number of thioether (sulfide) groups is 1. The molecule has 0 aliphatic carbocycles. The molecule has 3 aromatic rings. The molecule has 7 heteroatoms. The molecule has 0 bridgehead atoms. The lowest BCUT2D eigenvalue weighted by atomic mass is 10.2. The molecule has 1 aliphatic rings. The van der Waals surface area contributed by atoms with Gasteiger partial charge in [0.1, 0.15) is 5.75 Å². The van der Waals surface area contributed by atoms with Gasteiger partial charge in [-0.25, -0.2) is 0 Å². The molecule has 152 valence electrons. The van der Waals surface area contributed by atoms with E-state index in [-0.39, 0.29) is 0 Å². The van der Waals surface area contributed by atoms with Crippen molar-refractivity contribution in [1.29, 1.82) is 0 Å². The molecule has 0 unspecified atom stereocenters. The van der Waals surface area contributed by atoms with Crippen LogP contribution in [0.4, 0.5) is 5.95 Å². The Hall–Kier alpha value is -2.51. The zero-order valence-electron chi connectivity index (χ0n) is 16.9. The summed E-state index contributed by atoms with van der Waals surface area (Å²) in [5.74, 6) is 2.57. The molecule has 6 nitrogen and oxygen atoms in total. The van der Waals surface area contributed by atoms with E-state index in [1.54, 1.807) is 11.8 Å². The summed E-state index contributed by atoms with van der Waals surface area (Å²) in [6.07, 6.45) is 0. The fourth-order valence-corrected chi connectivity index (χ4v) is 4.01. The number of nitrogens with zero attached hydrogens (tertiary/aromatic N) is 4. The predicted molar refractivity (Wildman–Crippen MR) is 117 cm³/mol. The molecule has 0 saturated carbocycles. The van der Waals surface area contributed by atoms with Gasteiger partial charge in [-0.15, -0.1) is 10.2 Å². The Bertz CT molecular complexity index is 936. The summed E-state index contributed by atoms with van der Waals surface area (Å²) in [6, 6.07) is 16.6. The minimum absolute atomic E-state index is 0.613. The summed E-state index contributed by atoms with van der Waals surface area (Å²) < 4.78 is 13.5. The summed E-state index contributed by atoms with van der Waals surface area (Å²) in [7, 11) is 0. The van der Waals surface area contributed by atoms with Crippen LogP contribution in [-0.4, -0.2) is 53.4 Å². The standard InChI is InChI=1S/C22H26N4O2S/c1-17-6-8-19(9-7-17)26-21(25-10-12-27-13-11-25)23-24-22(26)29-15-14-28-20-5-3-4-18(2)16-20/h3-9,16H,10-15H2,1-2H3. The lowest BCUT2D eigenvalue weighted by Gasteiger charge is -2.28. The zero-order chi connectivity index (χ0) is 20.1. The molecule has 0 N–H and O–H groups in total. The van der Waals surface area contributed by atoms with Crippen molar-refractivity contribution in [2.24, 2.45) is 0 Å². The number of aryl methyl sites for hydroxylation is 2. The Morgan fingerprint density at radius 2 is 1.79 bits per heavy atom. The Balaban J connectivity index is 1.49.